The fraction of sp³-hybridized carbons (Fsp3) is 0.231. The maximum absolute atomic E-state index is 12.3. The second-order valence-corrected chi connectivity index (χ2v) is 4.15. The molecule has 2 nitrogen and oxygen atoms in total. The molecule has 0 aliphatic carbocycles. The van der Waals surface area contributed by atoms with E-state index in [9.17, 15) is 18.3 Å². The summed E-state index contributed by atoms with van der Waals surface area (Å²) in [7, 11) is 0. The van der Waals surface area contributed by atoms with Crippen molar-refractivity contribution in [2.75, 3.05) is 0 Å². The zero-order valence-corrected chi connectivity index (χ0v) is 9.41. The topological polar surface area (TPSA) is 46.2 Å². The molecule has 0 amide bonds. The number of hydrogen-bond acceptors (Lipinski definition) is 2. The van der Waals surface area contributed by atoms with Crippen LogP contribution in [0.1, 0.15) is 18.0 Å². The number of alkyl halides is 3. The van der Waals surface area contributed by atoms with Gasteiger partial charge in [0.15, 0.2) is 0 Å². The van der Waals surface area contributed by atoms with Gasteiger partial charge in [-0.1, -0.05) is 30.3 Å². The summed E-state index contributed by atoms with van der Waals surface area (Å²) in [6, 6.07) is 8.39. The molecule has 2 aromatic carbocycles. The Morgan fingerprint density at radius 2 is 1.67 bits per heavy atom. The Bertz CT molecular complexity index is 566. The van der Waals surface area contributed by atoms with Crippen molar-refractivity contribution in [3.8, 4) is 5.75 Å². The van der Waals surface area contributed by atoms with Crippen LogP contribution in [-0.4, -0.2) is 11.3 Å². The average molecular weight is 255 g/mol. The molecule has 0 saturated heterocycles. The Hall–Kier alpha value is -1.75. The van der Waals surface area contributed by atoms with E-state index in [0.29, 0.717) is 16.3 Å². The fourth-order valence-corrected chi connectivity index (χ4v) is 1.99. The van der Waals surface area contributed by atoms with Gasteiger partial charge in [-0.2, -0.15) is 13.2 Å². The van der Waals surface area contributed by atoms with E-state index in [1.165, 1.54) is 12.1 Å². The van der Waals surface area contributed by atoms with Crippen molar-refractivity contribution in [3.05, 3.63) is 42.0 Å². The summed E-state index contributed by atoms with van der Waals surface area (Å²) in [5.41, 5.74) is 5.99. The highest BCUT2D eigenvalue weighted by Gasteiger charge is 2.31. The third-order valence-electron chi connectivity index (χ3n) is 2.79. The first kappa shape index (κ1) is 12.7. The largest absolute Gasteiger partial charge is 0.507 e. The molecule has 1 atom stereocenters. The van der Waals surface area contributed by atoms with Gasteiger partial charge in [0.2, 0.25) is 0 Å². The van der Waals surface area contributed by atoms with Crippen LogP contribution in [0.25, 0.3) is 10.8 Å². The summed E-state index contributed by atoms with van der Waals surface area (Å²) in [5.74, 6) is 0.0357. The monoisotopic (exact) mass is 255 g/mol. The number of fused-ring (bicyclic) bond motifs is 1. The van der Waals surface area contributed by atoms with Gasteiger partial charge in [0.25, 0.3) is 0 Å². The minimum absolute atomic E-state index is 0.0357. The van der Waals surface area contributed by atoms with Crippen molar-refractivity contribution in [1.29, 1.82) is 0 Å². The van der Waals surface area contributed by atoms with Gasteiger partial charge in [-0.05, 0) is 17.0 Å². The maximum atomic E-state index is 12.3. The van der Waals surface area contributed by atoms with Crippen molar-refractivity contribution < 1.29 is 18.3 Å². The Morgan fingerprint density at radius 3 is 2.28 bits per heavy atom. The lowest BCUT2D eigenvalue weighted by Crippen LogP contribution is -2.20. The molecule has 0 bridgehead atoms. The first-order valence-corrected chi connectivity index (χ1v) is 5.41. The molecule has 2 rings (SSSR count). The highest BCUT2D eigenvalue weighted by molar-refractivity contribution is 5.91. The molecule has 3 N–H and O–H groups in total. The zero-order valence-electron chi connectivity index (χ0n) is 9.41. The standard InChI is InChI=1S/C13H12F3NO/c14-13(15,16)7-11(17)9-5-6-12(18)10-4-2-1-3-8(9)10/h1-6,11,18H,7,17H2/t11-/m0/s1. The molecule has 0 aliphatic rings. The van der Waals surface area contributed by atoms with E-state index in [1.807, 2.05) is 0 Å². The summed E-state index contributed by atoms with van der Waals surface area (Å²) < 4.78 is 37.0. The minimum atomic E-state index is -4.31. The minimum Gasteiger partial charge on any atom is -0.507 e. The number of phenolic OH excluding ortho intramolecular Hbond substituents is 1. The van der Waals surface area contributed by atoms with Crippen LogP contribution in [0.3, 0.4) is 0 Å². The summed E-state index contributed by atoms with van der Waals surface area (Å²) in [4.78, 5) is 0. The van der Waals surface area contributed by atoms with Gasteiger partial charge in [-0.3, -0.25) is 0 Å². The van der Waals surface area contributed by atoms with Crippen molar-refractivity contribution in [3.63, 3.8) is 0 Å². The normalized spacial score (nSPS) is 13.8. The number of phenols is 1. The van der Waals surface area contributed by atoms with E-state index in [1.54, 1.807) is 24.3 Å². The van der Waals surface area contributed by atoms with Crippen LogP contribution in [-0.2, 0) is 0 Å². The van der Waals surface area contributed by atoms with Gasteiger partial charge in [-0.25, -0.2) is 0 Å². The van der Waals surface area contributed by atoms with Gasteiger partial charge in [-0.15, -0.1) is 0 Å². The smallest absolute Gasteiger partial charge is 0.390 e. The highest BCUT2D eigenvalue weighted by Crippen LogP contribution is 2.34. The second-order valence-electron chi connectivity index (χ2n) is 4.15. The van der Waals surface area contributed by atoms with Crippen LogP contribution >= 0.6 is 0 Å². The third-order valence-corrected chi connectivity index (χ3v) is 2.79. The quantitative estimate of drug-likeness (QED) is 0.862. The van der Waals surface area contributed by atoms with Gasteiger partial charge in [0.05, 0.1) is 6.42 Å². The molecule has 0 spiro atoms. The van der Waals surface area contributed by atoms with Gasteiger partial charge in [0.1, 0.15) is 5.75 Å². The van der Waals surface area contributed by atoms with Gasteiger partial charge < -0.3 is 10.8 Å². The number of aromatic hydroxyl groups is 1. The van der Waals surface area contributed by atoms with Crippen molar-refractivity contribution in [2.45, 2.75) is 18.6 Å². The summed E-state index contributed by atoms with van der Waals surface area (Å²) >= 11 is 0. The first-order chi connectivity index (χ1) is 8.38. The van der Waals surface area contributed by atoms with Crippen LogP contribution in [0.15, 0.2) is 36.4 Å². The van der Waals surface area contributed by atoms with E-state index < -0.39 is 18.6 Å². The van der Waals surface area contributed by atoms with Crippen LogP contribution < -0.4 is 5.73 Å². The van der Waals surface area contributed by atoms with Crippen LogP contribution in [0.5, 0.6) is 5.75 Å². The lowest BCUT2D eigenvalue weighted by atomic mass is 9.96. The summed E-state index contributed by atoms with van der Waals surface area (Å²) in [6.07, 6.45) is -5.39. The van der Waals surface area contributed by atoms with E-state index in [4.69, 9.17) is 5.73 Å². The highest BCUT2D eigenvalue weighted by atomic mass is 19.4. The third kappa shape index (κ3) is 2.56. The van der Waals surface area contributed by atoms with Crippen LogP contribution in [0.4, 0.5) is 13.2 Å². The number of halogens is 3. The predicted molar refractivity (Wildman–Crippen MR) is 63.2 cm³/mol. The van der Waals surface area contributed by atoms with E-state index in [0.717, 1.165) is 0 Å². The molecule has 0 unspecified atom stereocenters. The first-order valence-electron chi connectivity index (χ1n) is 5.41. The van der Waals surface area contributed by atoms with Gasteiger partial charge in [0, 0.05) is 11.4 Å². The molecule has 0 aromatic heterocycles. The van der Waals surface area contributed by atoms with E-state index in [2.05, 4.69) is 0 Å². The molecular formula is C13H12F3NO. The SMILES string of the molecule is N[C@@H](CC(F)(F)F)c1ccc(O)c2ccccc12. The van der Waals surface area contributed by atoms with Crippen molar-refractivity contribution in [2.24, 2.45) is 5.73 Å². The number of nitrogens with two attached hydrogens (primary N) is 1. The predicted octanol–water partition coefficient (Wildman–Crippen LogP) is 3.50. The maximum Gasteiger partial charge on any atom is 0.390 e. The zero-order chi connectivity index (χ0) is 13.3. The Balaban J connectivity index is 2.49. The van der Waals surface area contributed by atoms with E-state index >= 15 is 0 Å². The lowest BCUT2D eigenvalue weighted by molar-refractivity contribution is -0.138. The molecule has 5 heteroatoms. The van der Waals surface area contributed by atoms with Crippen molar-refractivity contribution in [1.82, 2.24) is 0 Å². The number of benzene rings is 2. The van der Waals surface area contributed by atoms with Crippen LogP contribution in [0.2, 0.25) is 0 Å². The van der Waals surface area contributed by atoms with Crippen molar-refractivity contribution >= 4 is 10.8 Å². The molecule has 2 aromatic rings. The molecule has 18 heavy (non-hydrogen) atoms. The Labute approximate surface area is 102 Å². The molecular weight excluding hydrogens is 243 g/mol. The summed E-state index contributed by atoms with van der Waals surface area (Å²) in [5, 5.41) is 10.7. The fourth-order valence-electron chi connectivity index (χ4n) is 1.99. The second kappa shape index (κ2) is 4.49. The average Bonchev–Trinajstić information content (AvgIpc) is 2.27. The van der Waals surface area contributed by atoms with Gasteiger partial charge >= 0.3 is 6.18 Å². The molecule has 0 fully saturated rings. The number of hydrogen-bond donors (Lipinski definition) is 2. The lowest BCUT2D eigenvalue weighted by Gasteiger charge is -2.17. The molecule has 0 radical (unpaired) electrons. The van der Waals surface area contributed by atoms with Crippen LogP contribution in [0, 0.1) is 0 Å². The molecule has 96 valence electrons. The molecule has 0 heterocycles. The Kier molecular flexibility index (Phi) is 3.17. The number of rotatable bonds is 2. The molecule has 0 aliphatic heterocycles. The Morgan fingerprint density at radius 1 is 1.06 bits per heavy atom. The van der Waals surface area contributed by atoms with E-state index in [-0.39, 0.29) is 5.75 Å². The summed E-state index contributed by atoms with van der Waals surface area (Å²) in [6.45, 7) is 0. The molecule has 0 saturated carbocycles.